The van der Waals surface area contributed by atoms with Crippen molar-refractivity contribution in [3.8, 4) is 0 Å². The first-order valence-corrected chi connectivity index (χ1v) is 6.75. The Morgan fingerprint density at radius 3 is 2.57 bits per heavy atom. The first-order valence-electron chi connectivity index (χ1n) is 5.99. The lowest BCUT2D eigenvalue weighted by Gasteiger charge is -2.15. The highest BCUT2D eigenvalue weighted by atomic mass is 35.5. The molecule has 108 valence electrons. The van der Waals surface area contributed by atoms with Crippen molar-refractivity contribution in [2.75, 3.05) is 0 Å². The fraction of sp³-hybridized carbons (Fsp3) is 0.133. The maximum Gasteiger partial charge on any atom is 0.329 e. The van der Waals surface area contributed by atoms with Crippen LogP contribution in [0.1, 0.15) is 12.5 Å². The summed E-state index contributed by atoms with van der Waals surface area (Å²) in [5, 5.41) is 0.741. The van der Waals surface area contributed by atoms with Gasteiger partial charge < -0.3 is 4.74 Å². The number of carbonyl (C=O) groups is 3. The molecule has 0 aliphatic carbocycles. The number of hydrogen-bond acceptors (Lipinski definition) is 4. The third-order valence-corrected chi connectivity index (χ3v) is 3.53. The van der Waals surface area contributed by atoms with Gasteiger partial charge >= 0.3 is 5.97 Å². The molecule has 1 aromatic rings. The van der Waals surface area contributed by atoms with Crippen molar-refractivity contribution < 1.29 is 19.1 Å². The number of allylic oxidation sites excluding steroid dienone is 3. The molecule has 1 aliphatic rings. The third kappa shape index (κ3) is 3.60. The van der Waals surface area contributed by atoms with Gasteiger partial charge in [0.2, 0.25) is 0 Å². The number of esters is 1. The first kappa shape index (κ1) is 15.5. The van der Waals surface area contributed by atoms with Crippen molar-refractivity contribution in [1.82, 2.24) is 0 Å². The van der Waals surface area contributed by atoms with Crippen LogP contribution in [0.25, 0.3) is 6.08 Å². The Morgan fingerprint density at radius 1 is 1.24 bits per heavy atom. The molecule has 0 N–H and O–H groups in total. The molecule has 0 amide bonds. The first-order chi connectivity index (χ1) is 9.88. The largest absolute Gasteiger partial charge is 0.430 e. The van der Waals surface area contributed by atoms with E-state index in [1.54, 1.807) is 18.2 Å². The van der Waals surface area contributed by atoms with Crippen LogP contribution in [0.5, 0.6) is 0 Å². The SMILES string of the molecule is CC1=CC(=O)C(C(=O)C=Cc2ccc(Cl)c(Cl)c2)C(=O)O1. The minimum Gasteiger partial charge on any atom is -0.430 e. The quantitative estimate of drug-likeness (QED) is 0.486. The van der Waals surface area contributed by atoms with E-state index in [0.717, 1.165) is 12.2 Å². The van der Waals surface area contributed by atoms with E-state index in [0.29, 0.717) is 15.6 Å². The molecule has 4 nitrogen and oxygen atoms in total. The molecular weight excluding hydrogens is 315 g/mol. The maximum absolute atomic E-state index is 12.0. The van der Waals surface area contributed by atoms with Crippen LogP contribution in [-0.2, 0) is 19.1 Å². The predicted molar refractivity (Wildman–Crippen MR) is 78.8 cm³/mol. The molecule has 0 fully saturated rings. The Kier molecular flexibility index (Phi) is 4.60. The Labute approximate surface area is 131 Å². The molecule has 2 rings (SSSR count). The molecule has 0 bridgehead atoms. The monoisotopic (exact) mass is 324 g/mol. The predicted octanol–water partition coefficient (Wildman–Crippen LogP) is 3.22. The minimum atomic E-state index is -1.44. The van der Waals surface area contributed by atoms with Gasteiger partial charge in [-0.1, -0.05) is 35.3 Å². The summed E-state index contributed by atoms with van der Waals surface area (Å²) in [4.78, 5) is 35.2. The topological polar surface area (TPSA) is 60.4 Å². The Balaban J connectivity index is 2.17. The average molecular weight is 325 g/mol. The molecule has 6 heteroatoms. The van der Waals surface area contributed by atoms with Crippen molar-refractivity contribution in [1.29, 1.82) is 0 Å². The van der Waals surface area contributed by atoms with Gasteiger partial charge in [-0.05, 0) is 30.7 Å². The summed E-state index contributed by atoms with van der Waals surface area (Å²) >= 11 is 11.6. The van der Waals surface area contributed by atoms with E-state index in [4.69, 9.17) is 27.9 Å². The van der Waals surface area contributed by atoms with Gasteiger partial charge in [-0.15, -0.1) is 0 Å². The summed E-state index contributed by atoms with van der Waals surface area (Å²) in [7, 11) is 0. The molecule has 0 spiro atoms. The highest BCUT2D eigenvalue weighted by Crippen LogP contribution is 2.23. The van der Waals surface area contributed by atoms with Gasteiger partial charge in [-0.3, -0.25) is 14.4 Å². The fourth-order valence-corrected chi connectivity index (χ4v) is 2.10. The van der Waals surface area contributed by atoms with Crippen molar-refractivity contribution in [3.63, 3.8) is 0 Å². The van der Waals surface area contributed by atoms with E-state index in [1.165, 1.54) is 13.0 Å². The zero-order valence-electron chi connectivity index (χ0n) is 10.9. The minimum absolute atomic E-state index is 0.183. The summed E-state index contributed by atoms with van der Waals surface area (Å²) < 4.78 is 4.79. The van der Waals surface area contributed by atoms with Gasteiger partial charge in [0.15, 0.2) is 17.5 Å². The molecule has 21 heavy (non-hydrogen) atoms. The summed E-state index contributed by atoms with van der Waals surface area (Å²) in [5.41, 5.74) is 0.626. The standard InChI is InChI=1S/C15H10Cl2O4/c1-8-6-13(19)14(15(20)21-8)12(18)5-3-9-2-4-10(16)11(17)7-9/h2-7,14H,1H3. The normalized spacial score (nSPS) is 18.6. The summed E-state index contributed by atoms with van der Waals surface area (Å²) in [5.74, 6) is -3.33. The molecule has 1 aromatic carbocycles. The van der Waals surface area contributed by atoms with Gasteiger partial charge in [0.05, 0.1) is 10.0 Å². The number of benzene rings is 1. The van der Waals surface area contributed by atoms with Crippen LogP contribution in [0.4, 0.5) is 0 Å². The van der Waals surface area contributed by atoms with Gasteiger partial charge in [0.1, 0.15) is 5.76 Å². The number of ketones is 2. The molecule has 0 saturated carbocycles. The molecule has 1 unspecified atom stereocenters. The van der Waals surface area contributed by atoms with Crippen molar-refractivity contribution >= 4 is 46.8 Å². The smallest absolute Gasteiger partial charge is 0.329 e. The van der Waals surface area contributed by atoms with Crippen LogP contribution in [0.2, 0.25) is 10.0 Å². The van der Waals surface area contributed by atoms with Gasteiger partial charge in [-0.2, -0.15) is 0 Å². The number of ether oxygens (including phenoxy) is 1. The number of cyclic esters (lactones) is 1. The maximum atomic E-state index is 12.0. The summed E-state index contributed by atoms with van der Waals surface area (Å²) in [6.07, 6.45) is 3.74. The van der Waals surface area contributed by atoms with E-state index in [9.17, 15) is 14.4 Å². The zero-order chi connectivity index (χ0) is 15.6. The molecule has 1 aliphatic heterocycles. The second kappa shape index (κ2) is 6.24. The van der Waals surface area contributed by atoms with E-state index < -0.39 is 23.5 Å². The van der Waals surface area contributed by atoms with Gasteiger partial charge in [-0.25, -0.2) is 0 Å². The molecular formula is C15H10Cl2O4. The highest BCUT2D eigenvalue weighted by Gasteiger charge is 2.36. The Morgan fingerprint density at radius 2 is 1.95 bits per heavy atom. The molecule has 0 aromatic heterocycles. The lowest BCUT2D eigenvalue weighted by atomic mass is 9.96. The molecule has 1 atom stereocenters. The fourth-order valence-electron chi connectivity index (χ4n) is 1.79. The molecule has 0 radical (unpaired) electrons. The van der Waals surface area contributed by atoms with E-state index in [1.807, 2.05) is 0 Å². The number of halogens is 2. The third-order valence-electron chi connectivity index (χ3n) is 2.80. The van der Waals surface area contributed by atoms with Crippen LogP contribution in [0.3, 0.4) is 0 Å². The summed E-state index contributed by atoms with van der Waals surface area (Å²) in [6.45, 7) is 1.47. The lowest BCUT2D eigenvalue weighted by Crippen LogP contribution is -2.34. The van der Waals surface area contributed by atoms with Crippen LogP contribution in [-0.4, -0.2) is 17.5 Å². The number of carbonyl (C=O) groups excluding carboxylic acids is 3. The van der Waals surface area contributed by atoms with Gasteiger partial charge in [0, 0.05) is 6.08 Å². The second-order valence-electron chi connectivity index (χ2n) is 4.42. The summed E-state index contributed by atoms with van der Waals surface area (Å²) in [6, 6.07) is 4.81. The Bertz CT molecular complexity index is 689. The van der Waals surface area contributed by atoms with E-state index in [-0.39, 0.29) is 5.76 Å². The molecule has 0 saturated heterocycles. The van der Waals surface area contributed by atoms with Crippen LogP contribution in [0.15, 0.2) is 36.1 Å². The van der Waals surface area contributed by atoms with Crippen LogP contribution < -0.4 is 0 Å². The number of rotatable bonds is 3. The van der Waals surface area contributed by atoms with Crippen molar-refractivity contribution in [3.05, 3.63) is 51.7 Å². The van der Waals surface area contributed by atoms with E-state index >= 15 is 0 Å². The lowest BCUT2D eigenvalue weighted by molar-refractivity contribution is -0.151. The van der Waals surface area contributed by atoms with Crippen molar-refractivity contribution in [2.45, 2.75) is 6.92 Å². The highest BCUT2D eigenvalue weighted by molar-refractivity contribution is 6.42. The van der Waals surface area contributed by atoms with Crippen molar-refractivity contribution in [2.24, 2.45) is 5.92 Å². The second-order valence-corrected chi connectivity index (χ2v) is 5.24. The van der Waals surface area contributed by atoms with Crippen LogP contribution in [0, 0.1) is 5.92 Å². The molecule has 1 heterocycles. The Hall–Kier alpha value is -1.91. The number of hydrogen-bond donors (Lipinski definition) is 0. The van der Waals surface area contributed by atoms with Crippen LogP contribution >= 0.6 is 23.2 Å². The van der Waals surface area contributed by atoms with E-state index in [2.05, 4.69) is 0 Å². The average Bonchev–Trinajstić information content (AvgIpc) is 2.39. The van der Waals surface area contributed by atoms with Gasteiger partial charge in [0.25, 0.3) is 0 Å². The zero-order valence-corrected chi connectivity index (χ0v) is 12.4.